The van der Waals surface area contributed by atoms with Crippen LogP contribution in [0.3, 0.4) is 0 Å². The third-order valence-corrected chi connectivity index (χ3v) is 6.35. The fourth-order valence-corrected chi connectivity index (χ4v) is 4.76. The maximum Gasteiger partial charge on any atom is 0.307 e. The SMILES string of the molecule is CCOC(=O)CCn1c(=NC(=O)c2ccccc2Oc2ccccc2)sc2cc3c(cc21)OCO3. The Morgan fingerprint density at radius 1 is 1.03 bits per heavy atom. The van der Waals surface area contributed by atoms with Crippen molar-refractivity contribution < 1.29 is 28.5 Å². The Hall–Kier alpha value is -4.11. The van der Waals surface area contributed by atoms with Gasteiger partial charge in [0.15, 0.2) is 16.3 Å². The zero-order chi connectivity index (χ0) is 24.2. The molecule has 9 heteroatoms. The lowest BCUT2D eigenvalue weighted by atomic mass is 10.2. The van der Waals surface area contributed by atoms with E-state index in [9.17, 15) is 9.59 Å². The molecule has 1 amide bonds. The quantitative estimate of drug-likeness (QED) is 0.342. The largest absolute Gasteiger partial charge is 0.466 e. The maximum absolute atomic E-state index is 13.3. The number of hydrogen-bond donors (Lipinski definition) is 0. The average Bonchev–Trinajstić information content (AvgIpc) is 3.45. The van der Waals surface area contributed by atoms with Crippen molar-refractivity contribution >= 4 is 33.4 Å². The zero-order valence-electron chi connectivity index (χ0n) is 18.9. The number of rotatable bonds is 7. The molecule has 0 atom stereocenters. The number of esters is 1. The lowest BCUT2D eigenvalue weighted by Gasteiger charge is -2.09. The van der Waals surface area contributed by atoms with Crippen LogP contribution in [0, 0.1) is 0 Å². The number of benzene rings is 3. The van der Waals surface area contributed by atoms with Crippen LogP contribution in [0.4, 0.5) is 0 Å². The van der Waals surface area contributed by atoms with Gasteiger partial charge in [-0.15, -0.1) is 0 Å². The zero-order valence-corrected chi connectivity index (χ0v) is 19.7. The molecule has 35 heavy (non-hydrogen) atoms. The summed E-state index contributed by atoms with van der Waals surface area (Å²) in [6, 6.07) is 19.9. The molecule has 1 aliphatic rings. The molecule has 0 radical (unpaired) electrons. The van der Waals surface area contributed by atoms with Crippen LogP contribution in [0.1, 0.15) is 23.7 Å². The van der Waals surface area contributed by atoms with Gasteiger partial charge in [-0.2, -0.15) is 4.99 Å². The topological polar surface area (TPSA) is 88.4 Å². The second kappa shape index (κ2) is 10.0. The fourth-order valence-electron chi connectivity index (χ4n) is 3.69. The Bertz CT molecular complexity index is 1460. The van der Waals surface area contributed by atoms with E-state index in [0.29, 0.717) is 46.5 Å². The Morgan fingerprint density at radius 3 is 2.57 bits per heavy atom. The Kier molecular flexibility index (Phi) is 6.49. The molecule has 178 valence electrons. The van der Waals surface area contributed by atoms with E-state index in [0.717, 1.165) is 10.2 Å². The molecule has 1 aromatic heterocycles. The number of nitrogens with zero attached hydrogens (tertiary/aromatic N) is 2. The smallest absolute Gasteiger partial charge is 0.307 e. The molecule has 0 N–H and O–H groups in total. The minimum Gasteiger partial charge on any atom is -0.466 e. The van der Waals surface area contributed by atoms with Gasteiger partial charge in [0.1, 0.15) is 11.5 Å². The predicted molar refractivity (Wildman–Crippen MR) is 130 cm³/mol. The van der Waals surface area contributed by atoms with E-state index in [1.165, 1.54) is 11.3 Å². The van der Waals surface area contributed by atoms with E-state index >= 15 is 0 Å². The lowest BCUT2D eigenvalue weighted by molar-refractivity contribution is -0.143. The lowest BCUT2D eigenvalue weighted by Crippen LogP contribution is -2.19. The van der Waals surface area contributed by atoms with Crippen LogP contribution in [0.2, 0.25) is 0 Å². The fraction of sp³-hybridized carbons (Fsp3) is 0.192. The summed E-state index contributed by atoms with van der Waals surface area (Å²) in [5, 5.41) is 0. The highest BCUT2D eigenvalue weighted by Gasteiger charge is 2.19. The highest BCUT2D eigenvalue weighted by Crippen LogP contribution is 2.37. The molecule has 0 saturated carbocycles. The molecule has 2 heterocycles. The summed E-state index contributed by atoms with van der Waals surface area (Å²) in [7, 11) is 0. The van der Waals surface area contributed by atoms with Crippen molar-refractivity contribution in [2.24, 2.45) is 4.99 Å². The van der Waals surface area contributed by atoms with E-state index in [4.69, 9.17) is 18.9 Å². The van der Waals surface area contributed by atoms with Gasteiger partial charge in [0, 0.05) is 18.7 Å². The van der Waals surface area contributed by atoms with Gasteiger partial charge >= 0.3 is 5.97 Å². The van der Waals surface area contributed by atoms with E-state index in [1.54, 1.807) is 31.2 Å². The summed E-state index contributed by atoms with van der Waals surface area (Å²) < 4.78 is 24.7. The second-order valence-electron chi connectivity index (χ2n) is 7.59. The summed E-state index contributed by atoms with van der Waals surface area (Å²) in [4.78, 5) is 30.2. The van der Waals surface area contributed by atoms with Crippen LogP contribution in [0.15, 0.2) is 71.7 Å². The number of carbonyl (C=O) groups is 2. The molecule has 0 aliphatic carbocycles. The first-order valence-electron chi connectivity index (χ1n) is 11.1. The summed E-state index contributed by atoms with van der Waals surface area (Å²) in [6.07, 6.45) is 0.142. The van der Waals surface area contributed by atoms with Gasteiger partial charge in [-0.25, -0.2) is 0 Å². The van der Waals surface area contributed by atoms with Crippen LogP contribution in [0.25, 0.3) is 10.2 Å². The minimum atomic E-state index is -0.451. The van der Waals surface area contributed by atoms with Crippen LogP contribution < -0.4 is 19.0 Å². The number of ether oxygens (including phenoxy) is 4. The van der Waals surface area contributed by atoms with E-state index in [1.807, 2.05) is 47.0 Å². The van der Waals surface area contributed by atoms with Crippen LogP contribution in [-0.4, -0.2) is 29.8 Å². The van der Waals surface area contributed by atoms with Crippen molar-refractivity contribution in [3.63, 3.8) is 0 Å². The predicted octanol–water partition coefficient (Wildman–Crippen LogP) is 4.92. The van der Waals surface area contributed by atoms with E-state index in [-0.39, 0.29) is 19.2 Å². The first-order valence-corrected chi connectivity index (χ1v) is 11.9. The Balaban J connectivity index is 1.54. The van der Waals surface area contributed by atoms with Crippen LogP contribution in [-0.2, 0) is 16.1 Å². The van der Waals surface area contributed by atoms with Crippen molar-refractivity contribution in [3.05, 3.63) is 77.1 Å². The number of aryl methyl sites for hydroxylation is 1. The first kappa shape index (κ1) is 22.7. The number of amides is 1. The molecule has 0 unspecified atom stereocenters. The standard InChI is InChI=1S/C26H22N2O6S/c1-2-31-24(29)12-13-28-19-14-21-22(33-16-32-21)15-23(19)35-26(28)27-25(30)18-10-6-7-11-20(18)34-17-8-4-3-5-9-17/h3-11,14-15H,2,12-13,16H2,1H3. The number of thiazole rings is 1. The summed E-state index contributed by atoms with van der Waals surface area (Å²) >= 11 is 1.33. The highest BCUT2D eigenvalue weighted by atomic mass is 32.1. The van der Waals surface area contributed by atoms with Gasteiger partial charge in [-0.3, -0.25) is 9.59 Å². The Morgan fingerprint density at radius 2 is 1.77 bits per heavy atom. The van der Waals surface area contributed by atoms with Gasteiger partial charge in [0.05, 0.1) is 28.8 Å². The maximum atomic E-state index is 13.3. The molecular formula is C26H22N2O6S. The van der Waals surface area contributed by atoms with Gasteiger partial charge in [-0.1, -0.05) is 41.7 Å². The highest BCUT2D eigenvalue weighted by molar-refractivity contribution is 7.16. The number of para-hydroxylation sites is 2. The van der Waals surface area contributed by atoms with Crippen LogP contribution >= 0.6 is 11.3 Å². The number of fused-ring (bicyclic) bond motifs is 2. The molecule has 1 aliphatic heterocycles. The molecule has 5 rings (SSSR count). The molecule has 0 fully saturated rings. The monoisotopic (exact) mass is 490 g/mol. The third kappa shape index (κ3) is 4.90. The molecule has 0 bridgehead atoms. The molecule has 3 aromatic carbocycles. The van der Waals surface area contributed by atoms with Crippen molar-refractivity contribution in [1.82, 2.24) is 4.57 Å². The summed E-state index contributed by atoms with van der Waals surface area (Å²) in [5.41, 5.74) is 1.13. The number of hydrogen-bond acceptors (Lipinski definition) is 7. The molecular weight excluding hydrogens is 468 g/mol. The third-order valence-electron chi connectivity index (χ3n) is 5.31. The van der Waals surface area contributed by atoms with Gasteiger partial charge in [-0.05, 0) is 31.2 Å². The van der Waals surface area contributed by atoms with E-state index in [2.05, 4.69) is 4.99 Å². The Labute approximate surface area is 205 Å². The second-order valence-corrected chi connectivity index (χ2v) is 8.60. The van der Waals surface area contributed by atoms with Crippen LogP contribution in [0.5, 0.6) is 23.0 Å². The molecule has 0 saturated heterocycles. The van der Waals surface area contributed by atoms with Crippen molar-refractivity contribution in [1.29, 1.82) is 0 Å². The molecule has 4 aromatic rings. The number of aromatic nitrogens is 1. The molecule has 0 spiro atoms. The summed E-state index contributed by atoms with van der Waals surface area (Å²) in [5.74, 6) is 1.50. The van der Waals surface area contributed by atoms with E-state index < -0.39 is 5.91 Å². The first-order chi connectivity index (χ1) is 17.1. The normalized spacial score (nSPS) is 12.7. The van der Waals surface area contributed by atoms with Crippen molar-refractivity contribution in [3.8, 4) is 23.0 Å². The van der Waals surface area contributed by atoms with Crippen molar-refractivity contribution in [2.45, 2.75) is 19.9 Å². The van der Waals surface area contributed by atoms with Gasteiger partial charge in [0.25, 0.3) is 5.91 Å². The number of carbonyl (C=O) groups excluding carboxylic acids is 2. The minimum absolute atomic E-state index is 0.142. The van der Waals surface area contributed by atoms with Gasteiger partial charge < -0.3 is 23.5 Å². The average molecular weight is 491 g/mol. The summed E-state index contributed by atoms with van der Waals surface area (Å²) in [6.45, 7) is 2.52. The van der Waals surface area contributed by atoms with Gasteiger partial charge in [0.2, 0.25) is 6.79 Å². The molecule has 8 nitrogen and oxygen atoms in total. The van der Waals surface area contributed by atoms with Crippen molar-refractivity contribution in [2.75, 3.05) is 13.4 Å².